The van der Waals surface area contributed by atoms with Crippen LogP contribution in [-0.2, 0) is 24.2 Å². The monoisotopic (exact) mass is 483 g/mol. The summed E-state index contributed by atoms with van der Waals surface area (Å²) in [5, 5.41) is 12.4. The van der Waals surface area contributed by atoms with E-state index in [1.807, 2.05) is 16.0 Å². The van der Waals surface area contributed by atoms with E-state index >= 15 is 0 Å². The highest BCUT2D eigenvalue weighted by atomic mass is 79.9. The number of thiazole rings is 1. The molecule has 10 heteroatoms. The second-order valence-electron chi connectivity index (χ2n) is 5.77. The largest absolute Gasteiger partial charge is 0.302 e. The molecule has 0 aliphatic heterocycles. The van der Waals surface area contributed by atoms with Crippen molar-refractivity contribution < 1.29 is 4.79 Å². The molecule has 3 heterocycles. The van der Waals surface area contributed by atoms with E-state index in [-0.39, 0.29) is 5.91 Å². The Balaban J connectivity index is 1.51. The maximum absolute atomic E-state index is 12.1. The normalized spacial score (nSPS) is 10.9. The fourth-order valence-electron chi connectivity index (χ4n) is 2.50. The summed E-state index contributed by atoms with van der Waals surface area (Å²) >= 11 is 11.8. The number of allylic oxidation sites excluding steroid dienone is 1. The summed E-state index contributed by atoms with van der Waals surface area (Å²) in [6.07, 6.45) is 4.51. The summed E-state index contributed by atoms with van der Waals surface area (Å²) in [5.41, 5.74) is 0.845. The molecular weight excluding hydrogens is 466 g/mol. The predicted octanol–water partition coefficient (Wildman–Crippen LogP) is 4.96. The number of rotatable bonds is 9. The number of halogens is 1. The molecule has 0 spiro atoms. The molecule has 0 radical (unpaired) electrons. The van der Waals surface area contributed by atoms with Gasteiger partial charge in [0.15, 0.2) is 9.90 Å². The van der Waals surface area contributed by atoms with Crippen molar-refractivity contribution in [3.05, 3.63) is 55.1 Å². The van der Waals surface area contributed by atoms with Crippen LogP contribution in [0.4, 0.5) is 5.13 Å². The number of carbonyl (C=O) groups excluding carboxylic acids is 1. The van der Waals surface area contributed by atoms with Crippen LogP contribution in [0.2, 0.25) is 0 Å². The molecule has 0 aliphatic carbocycles. The Bertz CT molecular complexity index is 987. The van der Waals surface area contributed by atoms with Crippen molar-refractivity contribution >= 4 is 61.9 Å². The first-order valence-electron chi connectivity index (χ1n) is 8.28. The zero-order valence-electron chi connectivity index (χ0n) is 14.4. The van der Waals surface area contributed by atoms with Crippen LogP contribution >= 0.6 is 50.8 Å². The predicted molar refractivity (Wildman–Crippen MR) is 116 cm³/mol. The second kappa shape index (κ2) is 9.54. The zero-order chi connectivity index (χ0) is 19.2. The number of thiophene rings is 1. The molecule has 1 amide bonds. The Morgan fingerprint density at radius 3 is 3.07 bits per heavy atom. The van der Waals surface area contributed by atoms with Gasteiger partial charge in [-0.3, -0.25) is 14.5 Å². The van der Waals surface area contributed by atoms with Crippen molar-refractivity contribution in [1.82, 2.24) is 19.7 Å². The lowest BCUT2D eigenvalue weighted by molar-refractivity contribution is -0.116. The van der Waals surface area contributed by atoms with Crippen LogP contribution < -0.4 is 5.32 Å². The van der Waals surface area contributed by atoms with Crippen LogP contribution in [0.5, 0.6) is 0 Å². The number of aromatic amines is 1. The Morgan fingerprint density at radius 1 is 1.48 bits per heavy atom. The quantitative estimate of drug-likeness (QED) is 0.333. The Labute approximate surface area is 178 Å². The summed E-state index contributed by atoms with van der Waals surface area (Å²) in [4.78, 5) is 17.9. The molecule has 27 heavy (non-hydrogen) atoms. The van der Waals surface area contributed by atoms with Crippen molar-refractivity contribution in [3.63, 3.8) is 0 Å². The highest BCUT2D eigenvalue weighted by molar-refractivity contribution is 9.11. The van der Waals surface area contributed by atoms with E-state index in [1.54, 1.807) is 17.4 Å². The second-order valence-corrected chi connectivity index (χ2v) is 9.56. The third kappa shape index (κ3) is 5.68. The molecule has 0 saturated heterocycles. The first-order valence-corrected chi connectivity index (χ1v) is 11.2. The molecule has 6 nitrogen and oxygen atoms in total. The van der Waals surface area contributed by atoms with E-state index in [1.165, 1.54) is 16.2 Å². The van der Waals surface area contributed by atoms with E-state index in [9.17, 15) is 4.79 Å². The minimum atomic E-state index is -0.0131. The van der Waals surface area contributed by atoms with Crippen LogP contribution in [0.1, 0.15) is 29.2 Å². The van der Waals surface area contributed by atoms with E-state index in [0.29, 0.717) is 29.3 Å². The minimum Gasteiger partial charge on any atom is -0.302 e. The molecular formula is C17H18BrN5OS3. The number of aromatic nitrogens is 4. The lowest BCUT2D eigenvalue weighted by Crippen LogP contribution is -2.11. The number of carbonyl (C=O) groups is 1. The first-order chi connectivity index (χ1) is 13.0. The summed E-state index contributed by atoms with van der Waals surface area (Å²) < 4.78 is 3.56. The van der Waals surface area contributed by atoms with Crippen molar-refractivity contribution in [2.24, 2.45) is 0 Å². The Morgan fingerprint density at radius 2 is 2.33 bits per heavy atom. The van der Waals surface area contributed by atoms with Crippen LogP contribution in [0.25, 0.3) is 0 Å². The van der Waals surface area contributed by atoms with Gasteiger partial charge >= 0.3 is 0 Å². The van der Waals surface area contributed by atoms with Crippen LogP contribution in [-0.4, -0.2) is 25.7 Å². The minimum absolute atomic E-state index is 0.0131. The number of anilines is 1. The van der Waals surface area contributed by atoms with Gasteiger partial charge in [-0.1, -0.05) is 6.08 Å². The van der Waals surface area contributed by atoms with Gasteiger partial charge in [0.25, 0.3) is 0 Å². The number of amides is 1. The number of hydrogen-bond acceptors (Lipinski definition) is 6. The third-order valence-corrected chi connectivity index (χ3v) is 6.54. The van der Waals surface area contributed by atoms with Gasteiger partial charge in [-0.2, -0.15) is 5.10 Å². The van der Waals surface area contributed by atoms with Crippen molar-refractivity contribution in [2.45, 2.75) is 32.2 Å². The van der Waals surface area contributed by atoms with Crippen molar-refractivity contribution in [2.75, 3.05) is 5.32 Å². The average molecular weight is 484 g/mol. The van der Waals surface area contributed by atoms with Gasteiger partial charge in [0, 0.05) is 23.2 Å². The highest BCUT2D eigenvalue weighted by Crippen LogP contribution is 2.23. The molecule has 0 aromatic carbocycles. The Kier molecular flexibility index (Phi) is 7.11. The SMILES string of the molecule is C=CCn1c(Cc2csc(NC(=O)CCCc3ccc(Br)s3)n2)n[nH]c1=S. The summed E-state index contributed by atoms with van der Waals surface area (Å²) in [6.45, 7) is 4.33. The fourth-order valence-corrected chi connectivity index (χ4v) is 4.98. The number of hydrogen-bond donors (Lipinski definition) is 2. The number of nitrogens with one attached hydrogen (secondary N) is 2. The topological polar surface area (TPSA) is 75.6 Å². The molecule has 3 rings (SSSR count). The fraction of sp³-hybridized carbons (Fsp3) is 0.294. The highest BCUT2D eigenvalue weighted by Gasteiger charge is 2.11. The first kappa shape index (κ1) is 20.1. The van der Waals surface area contributed by atoms with Gasteiger partial charge in [-0.15, -0.1) is 29.3 Å². The van der Waals surface area contributed by atoms with E-state index in [2.05, 4.69) is 49.1 Å². The van der Waals surface area contributed by atoms with Crippen LogP contribution in [0, 0.1) is 4.77 Å². The maximum Gasteiger partial charge on any atom is 0.226 e. The Hall–Kier alpha value is -1.62. The van der Waals surface area contributed by atoms with Crippen LogP contribution in [0.3, 0.4) is 0 Å². The molecule has 3 aromatic heterocycles. The molecule has 0 fully saturated rings. The van der Waals surface area contributed by atoms with Gasteiger partial charge in [0.2, 0.25) is 5.91 Å². The van der Waals surface area contributed by atoms with Gasteiger partial charge < -0.3 is 5.32 Å². The lowest BCUT2D eigenvalue weighted by atomic mass is 10.2. The molecule has 142 valence electrons. The summed E-state index contributed by atoms with van der Waals surface area (Å²) in [6, 6.07) is 4.12. The van der Waals surface area contributed by atoms with Crippen molar-refractivity contribution in [3.8, 4) is 0 Å². The standard InChI is InChI=1S/C17H18BrN5OS3/c1-2-8-23-14(21-22-17(23)25)9-11-10-26-16(19-11)20-15(24)5-3-4-12-6-7-13(18)27-12/h2,6-7,10H,1,3-5,8-9H2,(H,22,25)(H,19,20,24). The average Bonchev–Trinajstić information content (AvgIpc) is 3.33. The molecule has 0 atom stereocenters. The summed E-state index contributed by atoms with van der Waals surface area (Å²) in [5.74, 6) is 0.783. The third-order valence-electron chi connectivity index (χ3n) is 3.74. The van der Waals surface area contributed by atoms with Gasteiger partial charge in [0.1, 0.15) is 5.82 Å². The van der Waals surface area contributed by atoms with Gasteiger partial charge in [-0.25, -0.2) is 4.98 Å². The smallest absolute Gasteiger partial charge is 0.226 e. The molecule has 2 N–H and O–H groups in total. The van der Waals surface area contributed by atoms with Gasteiger partial charge in [0.05, 0.1) is 15.9 Å². The van der Waals surface area contributed by atoms with E-state index < -0.39 is 0 Å². The molecule has 0 bridgehead atoms. The summed E-state index contributed by atoms with van der Waals surface area (Å²) in [7, 11) is 0. The molecule has 0 saturated carbocycles. The van der Waals surface area contributed by atoms with Crippen molar-refractivity contribution in [1.29, 1.82) is 0 Å². The molecule has 0 aliphatic rings. The van der Waals surface area contributed by atoms with Gasteiger partial charge in [-0.05, 0) is 53.1 Å². The molecule has 0 unspecified atom stereocenters. The van der Waals surface area contributed by atoms with E-state index in [0.717, 1.165) is 28.1 Å². The lowest BCUT2D eigenvalue weighted by Gasteiger charge is -2.02. The van der Waals surface area contributed by atoms with E-state index in [4.69, 9.17) is 12.2 Å². The number of nitrogens with zero attached hydrogens (tertiary/aromatic N) is 3. The zero-order valence-corrected chi connectivity index (χ0v) is 18.4. The molecule has 3 aromatic rings. The number of aryl methyl sites for hydroxylation is 1. The number of H-pyrrole nitrogens is 1. The maximum atomic E-state index is 12.1. The van der Waals surface area contributed by atoms with Crippen LogP contribution in [0.15, 0.2) is 34.0 Å².